The van der Waals surface area contributed by atoms with Crippen LogP contribution in [-0.2, 0) is 37.5 Å². The van der Waals surface area contributed by atoms with Gasteiger partial charge >= 0.3 is 5.97 Å². The lowest BCUT2D eigenvalue weighted by atomic mass is 9.76. The van der Waals surface area contributed by atoms with E-state index in [0.29, 0.717) is 28.9 Å². The number of benzene rings is 3. The molecule has 0 unspecified atom stereocenters. The standard InChI is InChI=1S/C31H29N3O7/c1-3-16-5-11-21-20(13-16)31(30(40)32-21)26-25(22(33-31)14-17-6-12-23(35)24(36)15-17)27(37)34(28(26)38)19-9-7-18(8-10-19)29(39)41-4-2/h5-13,15,22,25-26,33,35-36H,3-4,14H2,1-2H3,(H,32,40)/t22-,25+,26+,31+/m0/s1. The monoisotopic (exact) mass is 555 g/mol. The molecule has 0 saturated carbocycles. The first kappa shape index (κ1) is 26.5. The lowest BCUT2D eigenvalue weighted by Crippen LogP contribution is -2.53. The number of amides is 3. The first-order chi connectivity index (χ1) is 19.7. The molecule has 3 aliphatic rings. The van der Waals surface area contributed by atoms with Crippen molar-refractivity contribution in [1.82, 2.24) is 5.32 Å². The van der Waals surface area contributed by atoms with E-state index in [-0.39, 0.29) is 30.1 Å². The maximum Gasteiger partial charge on any atom is 0.338 e. The summed E-state index contributed by atoms with van der Waals surface area (Å²) in [5.41, 5.74) is 1.89. The van der Waals surface area contributed by atoms with Crippen LogP contribution in [0, 0.1) is 11.8 Å². The van der Waals surface area contributed by atoms with E-state index in [1.807, 2.05) is 25.1 Å². The zero-order valence-electron chi connectivity index (χ0n) is 22.5. The molecule has 3 aromatic carbocycles. The number of aromatic hydroxyl groups is 2. The minimum atomic E-state index is -1.48. The number of aryl methyl sites for hydroxylation is 1. The van der Waals surface area contributed by atoms with E-state index < -0.39 is 47.1 Å². The third-order valence-electron chi connectivity index (χ3n) is 8.32. The number of anilines is 2. The van der Waals surface area contributed by atoms with Gasteiger partial charge in [0, 0.05) is 17.3 Å². The number of carbonyl (C=O) groups is 4. The first-order valence-electron chi connectivity index (χ1n) is 13.6. The van der Waals surface area contributed by atoms with Crippen LogP contribution in [-0.4, -0.2) is 46.6 Å². The lowest BCUT2D eigenvalue weighted by molar-refractivity contribution is -0.130. The Balaban J connectivity index is 1.44. The van der Waals surface area contributed by atoms with E-state index >= 15 is 0 Å². The molecule has 2 saturated heterocycles. The van der Waals surface area contributed by atoms with Crippen LogP contribution in [0.15, 0.2) is 60.7 Å². The topological polar surface area (TPSA) is 145 Å². The summed E-state index contributed by atoms with van der Waals surface area (Å²) in [6.07, 6.45) is 0.926. The Morgan fingerprint density at radius 1 is 0.927 bits per heavy atom. The maximum absolute atomic E-state index is 14.2. The molecule has 10 heteroatoms. The number of phenols is 2. The largest absolute Gasteiger partial charge is 0.504 e. The molecule has 3 aromatic rings. The van der Waals surface area contributed by atoms with Gasteiger partial charge in [0.05, 0.1) is 29.7 Å². The number of fused-ring (bicyclic) bond motifs is 4. The van der Waals surface area contributed by atoms with Crippen molar-refractivity contribution < 1.29 is 34.1 Å². The molecule has 0 bridgehead atoms. The van der Waals surface area contributed by atoms with E-state index in [9.17, 15) is 29.4 Å². The number of hydrogen-bond acceptors (Lipinski definition) is 8. The quantitative estimate of drug-likeness (QED) is 0.206. The average Bonchev–Trinajstić information content (AvgIpc) is 3.54. The summed E-state index contributed by atoms with van der Waals surface area (Å²) in [4.78, 5) is 55.3. The second-order valence-corrected chi connectivity index (χ2v) is 10.6. The van der Waals surface area contributed by atoms with E-state index in [1.165, 1.54) is 36.4 Å². The van der Waals surface area contributed by atoms with Crippen molar-refractivity contribution in [1.29, 1.82) is 0 Å². The van der Waals surface area contributed by atoms with E-state index in [1.54, 1.807) is 13.0 Å². The van der Waals surface area contributed by atoms with Gasteiger partial charge in [-0.3, -0.25) is 19.7 Å². The highest BCUT2D eigenvalue weighted by Crippen LogP contribution is 2.54. The minimum absolute atomic E-state index is 0.210. The van der Waals surface area contributed by atoms with Gasteiger partial charge in [-0.2, -0.15) is 0 Å². The normalized spacial score (nSPS) is 24.5. The summed E-state index contributed by atoms with van der Waals surface area (Å²) in [7, 11) is 0. The highest BCUT2D eigenvalue weighted by molar-refractivity contribution is 6.25. The van der Waals surface area contributed by atoms with Crippen LogP contribution in [0.25, 0.3) is 0 Å². The molecular weight excluding hydrogens is 526 g/mol. The Hall–Kier alpha value is -4.70. The van der Waals surface area contributed by atoms with Crippen LogP contribution in [0.4, 0.5) is 11.4 Å². The summed E-state index contributed by atoms with van der Waals surface area (Å²) in [6, 6.07) is 15.4. The number of carbonyl (C=O) groups excluding carboxylic acids is 4. The summed E-state index contributed by atoms with van der Waals surface area (Å²) in [6.45, 7) is 3.91. The van der Waals surface area contributed by atoms with E-state index in [4.69, 9.17) is 4.74 Å². The molecule has 6 rings (SSSR count). The zero-order valence-corrected chi connectivity index (χ0v) is 22.5. The van der Waals surface area contributed by atoms with Gasteiger partial charge in [0.2, 0.25) is 17.7 Å². The molecule has 2 fully saturated rings. The first-order valence-corrected chi connectivity index (χ1v) is 13.6. The van der Waals surface area contributed by atoms with Gasteiger partial charge < -0.3 is 20.3 Å². The predicted octanol–water partition coefficient (Wildman–Crippen LogP) is 3.00. The van der Waals surface area contributed by atoms with Crippen molar-refractivity contribution in [2.24, 2.45) is 11.8 Å². The molecule has 3 amide bonds. The molecule has 3 aliphatic heterocycles. The van der Waals surface area contributed by atoms with Crippen molar-refractivity contribution in [2.75, 3.05) is 16.8 Å². The molecule has 4 N–H and O–H groups in total. The molecule has 1 spiro atoms. The van der Waals surface area contributed by atoms with Gasteiger partial charge in [-0.15, -0.1) is 0 Å². The molecule has 0 aliphatic carbocycles. The second-order valence-electron chi connectivity index (χ2n) is 10.6. The zero-order chi connectivity index (χ0) is 29.1. The molecule has 41 heavy (non-hydrogen) atoms. The second kappa shape index (κ2) is 9.74. The van der Waals surface area contributed by atoms with Crippen molar-refractivity contribution in [3.8, 4) is 11.5 Å². The third-order valence-corrected chi connectivity index (χ3v) is 8.32. The molecule has 4 atom stereocenters. The fraction of sp³-hybridized carbons (Fsp3) is 0.290. The molecular formula is C31H29N3O7. The predicted molar refractivity (Wildman–Crippen MR) is 148 cm³/mol. The number of imide groups is 1. The SMILES string of the molecule is CCOC(=O)c1ccc(N2C(=O)[C@@H]3[C@H](Cc4ccc(O)c(O)c4)N[C@@]4(C(=O)Nc5ccc(CC)cc54)[C@H]3C2=O)cc1. The molecule has 210 valence electrons. The highest BCUT2D eigenvalue weighted by atomic mass is 16.5. The Bertz CT molecular complexity index is 1600. The molecule has 10 nitrogen and oxygen atoms in total. The third kappa shape index (κ3) is 3.97. The number of nitrogens with one attached hydrogen (secondary N) is 2. The van der Waals surface area contributed by atoms with Crippen LogP contribution in [0.5, 0.6) is 11.5 Å². The van der Waals surface area contributed by atoms with Crippen LogP contribution >= 0.6 is 0 Å². The maximum atomic E-state index is 14.2. The van der Waals surface area contributed by atoms with Crippen molar-refractivity contribution in [3.05, 3.63) is 82.9 Å². The number of nitrogens with zero attached hydrogens (tertiary/aromatic N) is 1. The Morgan fingerprint density at radius 2 is 1.66 bits per heavy atom. The van der Waals surface area contributed by atoms with Crippen LogP contribution < -0.4 is 15.5 Å². The Labute approximate surface area is 235 Å². The summed E-state index contributed by atoms with van der Waals surface area (Å²) < 4.78 is 5.04. The van der Waals surface area contributed by atoms with Gasteiger partial charge in [0.15, 0.2) is 11.5 Å². The van der Waals surface area contributed by atoms with Crippen LogP contribution in [0.2, 0.25) is 0 Å². The number of ether oxygens (including phenoxy) is 1. The number of hydrogen-bond donors (Lipinski definition) is 4. The number of rotatable bonds is 6. The van der Waals surface area contributed by atoms with Crippen molar-refractivity contribution in [2.45, 2.75) is 38.3 Å². The fourth-order valence-corrected chi connectivity index (χ4v) is 6.41. The van der Waals surface area contributed by atoms with Crippen molar-refractivity contribution >= 4 is 35.1 Å². The number of phenolic OH excluding ortho intramolecular Hbond substituents is 2. The smallest absolute Gasteiger partial charge is 0.338 e. The van der Waals surface area contributed by atoms with Gasteiger partial charge in [-0.25, -0.2) is 9.69 Å². The Morgan fingerprint density at radius 3 is 2.34 bits per heavy atom. The van der Waals surface area contributed by atoms with E-state index in [0.717, 1.165) is 10.5 Å². The summed E-state index contributed by atoms with van der Waals surface area (Å²) >= 11 is 0. The summed E-state index contributed by atoms with van der Waals surface area (Å²) in [5.74, 6) is -4.42. The summed E-state index contributed by atoms with van der Waals surface area (Å²) in [5, 5.41) is 26.2. The lowest BCUT2D eigenvalue weighted by Gasteiger charge is -2.30. The van der Waals surface area contributed by atoms with Gasteiger partial charge in [0.25, 0.3) is 0 Å². The Kier molecular flexibility index (Phi) is 6.30. The minimum Gasteiger partial charge on any atom is -0.504 e. The average molecular weight is 556 g/mol. The fourth-order valence-electron chi connectivity index (χ4n) is 6.41. The van der Waals surface area contributed by atoms with Crippen molar-refractivity contribution in [3.63, 3.8) is 0 Å². The van der Waals surface area contributed by atoms with Gasteiger partial charge in [-0.1, -0.05) is 25.1 Å². The van der Waals surface area contributed by atoms with Crippen LogP contribution in [0.1, 0.15) is 40.9 Å². The van der Waals surface area contributed by atoms with E-state index in [2.05, 4.69) is 10.6 Å². The number of esters is 1. The highest BCUT2D eigenvalue weighted by Gasteiger charge is 2.70. The van der Waals surface area contributed by atoms with Crippen LogP contribution in [0.3, 0.4) is 0 Å². The molecule has 0 radical (unpaired) electrons. The molecule has 0 aromatic heterocycles. The molecule has 3 heterocycles. The van der Waals surface area contributed by atoms with Gasteiger partial charge in [-0.05, 0) is 73.4 Å². The van der Waals surface area contributed by atoms with Gasteiger partial charge in [0.1, 0.15) is 5.54 Å².